The Balaban J connectivity index is 1.64. The van der Waals surface area contributed by atoms with Gasteiger partial charge in [-0.15, -0.1) is 0 Å². The molecule has 3 aliphatic rings. The summed E-state index contributed by atoms with van der Waals surface area (Å²) < 4.78 is 60.8. The molecule has 4 rings (SSSR count). The van der Waals surface area contributed by atoms with Gasteiger partial charge in [-0.3, -0.25) is 19.0 Å². The average molecular weight is 653 g/mol. The first-order valence-corrected chi connectivity index (χ1v) is 16.0. The highest BCUT2D eigenvalue weighted by Crippen LogP contribution is 2.36. The summed E-state index contributed by atoms with van der Waals surface area (Å²) in [7, 11) is -5.32. The molecule has 10 atom stereocenters. The number of carbonyl (C=O) groups excluding carboxylic acids is 2. The third-order valence-corrected chi connectivity index (χ3v) is 8.80. The van der Waals surface area contributed by atoms with E-state index in [0.717, 1.165) is 11.5 Å². The van der Waals surface area contributed by atoms with Crippen LogP contribution in [0.2, 0.25) is 0 Å². The van der Waals surface area contributed by atoms with E-state index in [1.807, 2.05) is 0 Å². The Bertz CT molecular complexity index is 1200. The van der Waals surface area contributed by atoms with Gasteiger partial charge in [0.2, 0.25) is 0 Å². The largest absolute Gasteiger partial charge is 0.397 e. The molecule has 0 unspecified atom stereocenters. The maximum absolute atomic E-state index is 13.4. The Kier molecular flexibility index (Phi) is 11.5. The van der Waals surface area contributed by atoms with E-state index in [4.69, 9.17) is 28.9 Å². The second kappa shape index (κ2) is 14.5. The van der Waals surface area contributed by atoms with Crippen LogP contribution in [0.4, 0.5) is 0 Å². The summed E-state index contributed by atoms with van der Waals surface area (Å²) in [5.74, 6) is -0.341. The standard InChI is InChI=1S/C25H36N2O14S2/c1-12-17(29)21(19(31)25(38-12)37-8-4-9-42-10-7-26)40-24-16(20(41-43(34,35)36)18(30)15(11-28)39-24)27-22(32)13-5-2-3-6-14(13)23(27)33/h2-3,5-6,12,15-21,24-25,28-31H,4,7-11,26H2,1H3,(H,34,35,36)/t12-,15+,16+,17+,18+,19-,20+,21+,24-,25+/m0/s1. The van der Waals surface area contributed by atoms with Crippen molar-refractivity contribution in [3.05, 3.63) is 35.4 Å². The molecule has 0 aliphatic carbocycles. The summed E-state index contributed by atoms with van der Waals surface area (Å²) in [5.41, 5.74) is 5.38. The van der Waals surface area contributed by atoms with E-state index < -0.39 is 90.2 Å². The molecule has 16 nitrogen and oxygen atoms in total. The highest BCUT2D eigenvalue weighted by molar-refractivity contribution is 7.99. The van der Waals surface area contributed by atoms with Crippen LogP contribution in [0.15, 0.2) is 24.3 Å². The first kappa shape index (κ1) is 34.1. The number of nitrogens with two attached hydrogens (primary N) is 1. The van der Waals surface area contributed by atoms with Gasteiger partial charge < -0.3 is 45.1 Å². The normalized spacial score (nSPS) is 34.9. The van der Waals surface area contributed by atoms with E-state index in [1.54, 1.807) is 11.8 Å². The predicted octanol–water partition coefficient (Wildman–Crippen LogP) is -2.13. The highest BCUT2D eigenvalue weighted by Gasteiger charge is 2.57. The lowest BCUT2D eigenvalue weighted by molar-refractivity contribution is -0.346. The van der Waals surface area contributed by atoms with Gasteiger partial charge in [0.15, 0.2) is 12.6 Å². The number of benzene rings is 1. The topological polar surface area (TPSA) is 245 Å². The van der Waals surface area contributed by atoms with Crippen molar-refractivity contribution in [3.8, 4) is 0 Å². The maximum atomic E-state index is 13.4. The summed E-state index contributed by atoms with van der Waals surface area (Å²) in [6.45, 7) is 1.27. The van der Waals surface area contributed by atoms with Crippen molar-refractivity contribution in [1.82, 2.24) is 4.90 Å². The fraction of sp³-hybridized carbons (Fsp3) is 0.680. The van der Waals surface area contributed by atoms with E-state index in [9.17, 15) is 43.0 Å². The van der Waals surface area contributed by atoms with Gasteiger partial charge in [0.05, 0.1) is 30.4 Å². The molecular formula is C25H36N2O14S2. The van der Waals surface area contributed by atoms with Crippen LogP contribution in [0.25, 0.3) is 0 Å². The Morgan fingerprint density at radius 3 is 2.21 bits per heavy atom. The number of hydrogen-bond donors (Lipinski definition) is 6. The van der Waals surface area contributed by atoms with Crippen LogP contribution in [0, 0.1) is 0 Å². The zero-order valence-corrected chi connectivity index (χ0v) is 24.7. The number of fused-ring (bicyclic) bond motifs is 1. The lowest BCUT2D eigenvalue weighted by atomic mass is 9.94. The number of amides is 2. The smallest absolute Gasteiger partial charge is 0.394 e. The predicted molar refractivity (Wildman–Crippen MR) is 147 cm³/mol. The second-order valence-electron chi connectivity index (χ2n) is 10.1. The number of ether oxygens (including phenoxy) is 4. The second-order valence-corrected chi connectivity index (χ2v) is 12.4. The van der Waals surface area contributed by atoms with Crippen molar-refractivity contribution >= 4 is 34.0 Å². The first-order valence-electron chi connectivity index (χ1n) is 13.5. The van der Waals surface area contributed by atoms with E-state index in [1.165, 1.54) is 31.2 Å². The molecule has 242 valence electrons. The molecule has 0 bridgehead atoms. The molecule has 0 spiro atoms. The molecule has 1 aromatic rings. The van der Waals surface area contributed by atoms with Gasteiger partial charge >= 0.3 is 10.4 Å². The van der Waals surface area contributed by atoms with Crippen LogP contribution >= 0.6 is 11.8 Å². The van der Waals surface area contributed by atoms with E-state index in [2.05, 4.69) is 0 Å². The number of carbonyl (C=O) groups is 2. The van der Waals surface area contributed by atoms with Gasteiger partial charge in [-0.05, 0) is 31.2 Å². The summed E-state index contributed by atoms with van der Waals surface area (Å²) in [6, 6.07) is 3.79. The van der Waals surface area contributed by atoms with Crippen molar-refractivity contribution in [2.45, 2.75) is 74.7 Å². The van der Waals surface area contributed by atoms with Crippen molar-refractivity contribution in [2.24, 2.45) is 5.73 Å². The molecule has 18 heteroatoms. The summed E-state index contributed by atoms with van der Waals surface area (Å²) in [5, 5.41) is 42.7. The first-order chi connectivity index (χ1) is 20.4. The highest BCUT2D eigenvalue weighted by atomic mass is 32.3. The molecule has 0 aromatic heterocycles. The fourth-order valence-electron chi connectivity index (χ4n) is 5.16. The molecule has 3 heterocycles. The third-order valence-electron chi connectivity index (χ3n) is 7.23. The Labute approximate surface area is 251 Å². The van der Waals surface area contributed by atoms with Gasteiger partial charge in [-0.25, -0.2) is 4.18 Å². The molecule has 0 saturated carbocycles. The number of rotatable bonds is 13. The Hall–Kier alpha value is -1.78. The number of imide groups is 1. The lowest BCUT2D eigenvalue weighted by Crippen LogP contribution is -2.69. The number of aliphatic hydroxyl groups excluding tert-OH is 4. The van der Waals surface area contributed by atoms with Crippen LogP contribution in [-0.4, -0.2) is 143 Å². The van der Waals surface area contributed by atoms with Crippen LogP contribution in [0.1, 0.15) is 34.1 Å². The van der Waals surface area contributed by atoms with Gasteiger partial charge in [0.25, 0.3) is 11.8 Å². The number of hydrogen-bond acceptors (Lipinski definition) is 15. The van der Waals surface area contributed by atoms with Crippen LogP contribution < -0.4 is 5.73 Å². The number of aliphatic hydroxyl groups is 4. The van der Waals surface area contributed by atoms with E-state index in [-0.39, 0.29) is 17.7 Å². The maximum Gasteiger partial charge on any atom is 0.397 e. The summed E-state index contributed by atoms with van der Waals surface area (Å²) >= 11 is 1.62. The minimum atomic E-state index is -5.32. The minimum absolute atomic E-state index is 0.0477. The number of nitrogens with zero attached hydrogens (tertiary/aromatic N) is 1. The van der Waals surface area contributed by atoms with Gasteiger partial charge in [0.1, 0.15) is 42.7 Å². The van der Waals surface area contributed by atoms with Gasteiger partial charge in [0, 0.05) is 12.3 Å². The molecule has 0 radical (unpaired) electrons. The fourth-order valence-corrected chi connectivity index (χ4v) is 6.36. The van der Waals surface area contributed by atoms with Crippen LogP contribution in [0.5, 0.6) is 0 Å². The van der Waals surface area contributed by atoms with Crippen molar-refractivity contribution in [1.29, 1.82) is 0 Å². The van der Waals surface area contributed by atoms with Crippen molar-refractivity contribution < 1.29 is 66.1 Å². The molecule has 3 aliphatic heterocycles. The molecule has 2 amide bonds. The van der Waals surface area contributed by atoms with Gasteiger partial charge in [-0.2, -0.15) is 20.2 Å². The lowest BCUT2D eigenvalue weighted by Gasteiger charge is -2.48. The number of thioether (sulfide) groups is 1. The average Bonchev–Trinajstić information content (AvgIpc) is 3.21. The monoisotopic (exact) mass is 652 g/mol. The Morgan fingerprint density at radius 1 is 0.977 bits per heavy atom. The van der Waals surface area contributed by atoms with Crippen molar-refractivity contribution in [2.75, 3.05) is 31.3 Å². The molecule has 2 saturated heterocycles. The minimum Gasteiger partial charge on any atom is -0.394 e. The zero-order chi connectivity index (χ0) is 31.5. The quantitative estimate of drug-likeness (QED) is 0.0757. The summed E-state index contributed by atoms with van der Waals surface area (Å²) in [4.78, 5) is 27.4. The van der Waals surface area contributed by atoms with E-state index >= 15 is 0 Å². The van der Waals surface area contributed by atoms with E-state index in [0.29, 0.717) is 17.9 Å². The van der Waals surface area contributed by atoms with Crippen LogP contribution in [-0.2, 0) is 33.5 Å². The molecule has 1 aromatic carbocycles. The van der Waals surface area contributed by atoms with Gasteiger partial charge in [-0.1, -0.05) is 12.1 Å². The molecular weight excluding hydrogens is 616 g/mol. The van der Waals surface area contributed by atoms with Crippen LogP contribution in [0.3, 0.4) is 0 Å². The SMILES string of the molecule is C[C@@H]1O[C@@H](OCCCSCCN)[C@@H](O)[C@H](O[C@@H]2O[C@H](CO)[C@@H](O)[C@H](OS(=O)(=O)O)[C@H]2N2C(=O)c3ccccc3C2=O)[C@@H]1O. The summed E-state index contributed by atoms with van der Waals surface area (Å²) in [6.07, 6.45) is -14.0. The van der Waals surface area contributed by atoms with Crippen molar-refractivity contribution in [3.63, 3.8) is 0 Å². The molecule has 43 heavy (non-hydrogen) atoms. The molecule has 7 N–H and O–H groups in total. The molecule has 2 fully saturated rings. The third kappa shape index (κ3) is 7.55. The Morgan fingerprint density at radius 2 is 1.63 bits per heavy atom. The zero-order valence-electron chi connectivity index (χ0n) is 23.1.